The molecule has 0 N–H and O–H groups in total. The number of nitrogens with zero attached hydrogens (tertiary/aromatic N) is 2. The van der Waals surface area contributed by atoms with Crippen molar-refractivity contribution in [3.05, 3.63) is 71.2 Å². The molecule has 1 aliphatic heterocycles. The quantitative estimate of drug-likeness (QED) is 0.584. The fraction of sp³-hybridized carbons (Fsp3) is 0.292. The van der Waals surface area contributed by atoms with Crippen molar-refractivity contribution < 1.29 is 23.0 Å². The fourth-order valence-electron chi connectivity index (χ4n) is 4.00. The molecule has 3 aromatic rings. The van der Waals surface area contributed by atoms with Gasteiger partial charge in [0.05, 0.1) is 11.1 Å². The van der Waals surface area contributed by atoms with E-state index in [1.807, 2.05) is 38.1 Å². The molecule has 0 atom stereocenters. The van der Waals surface area contributed by atoms with E-state index in [1.165, 1.54) is 12.1 Å². The first kappa shape index (κ1) is 19.6. The van der Waals surface area contributed by atoms with Crippen molar-refractivity contribution in [3.8, 4) is 22.8 Å². The highest BCUT2D eigenvalue weighted by Gasteiger charge is 2.52. The topological polar surface area (TPSA) is 61.3 Å². The first-order chi connectivity index (χ1) is 14.8. The number of fused-ring (bicyclic) bond motifs is 1. The molecule has 2 aliphatic rings. The number of Topliss-reactive ketones (excluding diaryl/α,β-unsaturated/α-hetero) is 1. The lowest BCUT2D eigenvalue weighted by Gasteiger charge is -2.15. The van der Waals surface area contributed by atoms with Crippen molar-refractivity contribution in [3.63, 3.8) is 0 Å². The Morgan fingerprint density at radius 2 is 1.81 bits per heavy atom. The Bertz CT molecular complexity index is 1190. The first-order valence-corrected chi connectivity index (χ1v) is 10.1. The summed E-state index contributed by atoms with van der Waals surface area (Å²) in [4.78, 5) is 22.3. The van der Waals surface area contributed by atoms with Gasteiger partial charge in [-0.3, -0.25) is 14.8 Å². The molecule has 158 valence electrons. The Labute approximate surface area is 178 Å². The summed E-state index contributed by atoms with van der Waals surface area (Å²) in [5.41, 5.74) is 4.28. The van der Waals surface area contributed by atoms with Crippen LogP contribution in [0.4, 0.5) is 8.78 Å². The van der Waals surface area contributed by atoms with Crippen LogP contribution in [-0.2, 0) is 16.6 Å². The van der Waals surface area contributed by atoms with Crippen LogP contribution in [0.2, 0.25) is 0 Å². The Morgan fingerprint density at radius 3 is 2.52 bits per heavy atom. The fourth-order valence-corrected chi connectivity index (χ4v) is 4.00. The summed E-state index contributed by atoms with van der Waals surface area (Å²) in [5, 5.41) is 0. The summed E-state index contributed by atoms with van der Waals surface area (Å²) in [5.74, 6) is -0.0415. The normalized spacial score (nSPS) is 17.4. The standard InChI is InChI=1S/C24H20F2N2O3/c1-14-3-7-18(28-22(14)16-5-4-15(2)27-13-16)12-21(29)23(9-10-23)17-6-8-19-20(11-17)31-24(25,26)30-19/h3-8,11,13H,9-10,12H2,1-2H3. The number of hydrogen-bond acceptors (Lipinski definition) is 5. The molecule has 5 nitrogen and oxygen atoms in total. The molecule has 1 fully saturated rings. The predicted molar refractivity (Wildman–Crippen MR) is 109 cm³/mol. The Balaban J connectivity index is 1.40. The van der Waals surface area contributed by atoms with Gasteiger partial charge in [-0.05, 0) is 68.1 Å². The summed E-state index contributed by atoms with van der Waals surface area (Å²) in [6, 6.07) is 12.3. The van der Waals surface area contributed by atoms with E-state index in [0.717, 1.165) is 22.5 Å². The second kappa shape index (κ2) is 6.83. The van der Waals surface area contributed by atoms with E-state index in [9.17, 15) is 13.6 Å². The molecule has 0 spiro atoms. The van der Waals surface area contributed by atoms with Crippen molar-refractivity contribution in [2.75, 3.05) is 0 Å². The number of aryl methyl sites for hydroxylation is 2. The first-order valence-electron chi connectivity index (χ1n) is 10.1. The minimum absolute atomic E-state index is 0.0162. The highest BCUT2D eigenvalue weighted by atomic mass is 19.3. The van der Waals surface area contributed by atoms with Gasteiger partial charge in [0, 0.05) is 29.6 Å². The smallest absolute Gasteiger partial charge is 0.395 e. The molecule has 7 heteroatoms. The van der Waals surface area contributed by atoms with Crippen LogP contribution in [-0.4, -0.2) is 22.0 Å². The third-order valence-electron chi connectivity index (χ3n) is 5.92. The number of carbonyl (C=O) groups excluding carboxylic acids is 1. The number of benzene rings is 1. The molecule has 3 heterocycles. The molecule has 31 heavy (non-hydrogen) atoms. The van der Waals surface area contributed by atoms with Crippen LogP contribution < -0.4 is 9.47 Å². The number of ether oxygens (including phenoxy) is 2. The number of aromatic nitrogens is 2. The van der Waals surface area contributed by atoms with Crippen LogP contribution in [0.15, 0.2) is 48.7 Å². The Kier molecular flexibility index (Phi) is 4.32. The lowest BCUT2D eigenvalue weighted by atomic mass is 9.88. The second-order valence-corrected chi connectivity index (χ2v) is 8.17. The van der Waals surface area contributed by atoms with E-state index < -0.39 is 11.7 Å². The summed E-state index contributed by atoms with van der Waals surface area (Å²) in [6.07, 6.45) is -0.391. The van der Waals surface area contributed by atoms with Crippen molar-refractivity contribution in [2.45, 2.75) is 44.8 Å². The molecule has 1 saturated carbocycles. The summed E-state index contributed by atoms with van der Waals surface area (Å²) < 4.78 is 35.7. The van der Waals surface area contributed by atoms with Crippen molar-refractivity contribution in [1.82, 2.24) is 9.97 Å². The third kappa shape index (κ3) is 3.54. The third-order valence-corrected chi connectivity index (χ3v) is 5.92. The van der Waals surface area contributed by atoms with Crippen LogP contribution in [0.5, 0.6) is 11.5 Å². The minimum atomic E-state index is -3.67. The maximum atomic E-state index is 13.3. The van der Waals surface area contributed by atoms with E-state index in [4.69, 9.17) is 4.98 Å². The second-order valence-electron chi connectivity index (χ2n) is 8.17. The van der Waals surface area contributed by atoms with Crippen LogP contribution in [0.1, 0.15) is 35.4 Å². The average molecular weight is 422 g/mol. The van der Waals surface area contributed by atoms with E-state index in [1.54, 1.807) is 12.3 Å². The molecule has 1 aliphatic carbocycles. The number of hydrogen-bond donors (Lipinski definition) is 0. The van der Waals surface area contributed by atoms with E-state index in [-0.39, 0.29) is 23.7 Å². The number of carbonyl (C=O) groups is 1. The lowest BCUT2D eigenvalue weighted by Crippen LogP contribution is -2.26. The number of halogens is 2. The van der Waals surface area contributed by atoms with Gasteiger partial charge in [0.25, 0.3) is 0 Å². The SMILES string of the molecule is Cc1ccc(-c2nc(CC(=O)C3(c4ccc5c(c4)OC(F)(F)O5)CC3)ccc2C)cn1. The lowest BCUT2D eigenvalue weighted by molar-refractivity contribution is -0.286. The van der Waals surface area contributed by atoms with Crippen LogP contribution in [0, 0.1) is 13.8 Å². The monoisotopic (exact) mass is 422 g/mol. The van der Waals surface area contributed by atoms with Gasteiger partial charge < -0.3 is 9.47 Å². The summed E-state index contributed by atoms with van der Waals surface area (Å²) >= 11 is 0. The zero-order valence-electron chi connectivity index (χ0n) is 17.1. The number of ketones is 1. The van der Waals surface area contributed by atoms with Crippen LogP contribution in [0.3, 0.4) is 0 Å². The molecular formula is C24H20F2N2O3. The molecule has 2 aromatic heterocycles. The summed E-state index contributed by atoms with van der Waals surface area (Å²) in [7, 11) is 0. The number of rotatable bonds is 5. The van der Waals surface area contributed by atoms with Gasteiger partial charge in [0.1, 0.15) is 5.78 Å². The van der Waals surface area contributed by atoms with Gasteiger partial charge in [-0.2, -0.15) is 0 Å². The molecule has 5 rings (SSSR count). The zero-order chi connectivity index (χ0) is 21.8. The predicted octanol–water partition coefficient (Wildman–Crippen LogP) is 4.93. The van der Waals surface area contributed by atoms with Gasteiger partial charge in [-0.25, -0.2) is 0 Å². The Morgan fingerprint density at radius 1 is 1.03 bits per heavy atom. The molecule has 0 radical (unpaired) electrons. The van der Waals surface area contributed by atoms with Crippen molar-refractivity contribution in [1.29, 1.82) is 0 Å². The minimum Gasteiger partial charge on any atom is -0.395 e. The molecular weight excluding hydrogens is 402 g/mol. The molecule has 0 bridgehead atoms. The van der Waals surface area contributed by atoms with E-state index >= 15 is 0 Å². The van der Waals surface area contributed by atoms with Gasteiger partial charge in [-0.15, -0.1) is 8.78 Å². The van der Waals surface area contributed by atoms with Gasteiger partial charge in [0.15, 0.2) is 11.5 Å². The highest BCUT2D eigenvalue weighted by Crippen LogP contribution is 2.52. The largest absolute Gasteiger partial charge is 0.586 e. The maximum absolute atomic E-state index is 13.3. The molecule has 0 saturated heterocycles. The summed E-state index contributed by atoms with van der Waals surface area (Å²) in [6.45, 7) is 3.89. The van der Waals surface area contributed by atoms with Crippen molar-refractivity contribution in [2.24, 2.45) is 0 Å². The van der Waals surface area contributed by atoms with Gasteiger partial charge in [0.2, 0.25) is 0 Å². The van der Waals surface area contributed by atoms with Gasteiger partial charge in [-0.1, -0.05) is 12.1 Å². The number of alkyl halides is 2. The van der Waals surface area contributed by atoms with Crippen LogP contribution >= 0.6 is 0 Å². The number of pyridine rings is 2. The molecule has 0 amide bonds. The van der Waals surface area contributed by atoms with Gasteiger partial charge >= 0.3 is 6.29 Å². The van der Waals surface area contributed by atoms with E-state index in [2.05, 4.69) is 14.5 Å². The van der Waals surface area contributed by atoms with Crippen LogP contribution in [0.25, 0.3) is 11.3 Å². The van der Waals surface area contributed by atoms with E-state index in [0.29, 0.717) is 24.1 Å². The zero-order valence-corrected chi connectivity index (χ0v) is 17.1. The maximum Gasteiger partial charge on any atom is 0.586 e. The highest BCUT2D eigenvalue weighted by molar-refractivity contribution is 5.94. The Hall–Kier alpha value is -3.35. The molecule has 1 aromatic carbocycles. The molecule has 0 unspecified atom stereocenters. The average Bonchev–Trinajstić information content (AvgIpc) is 3.47. The van der Waals surface area contributed by atoms with Crippen molar-refractivity contribution >= 4 is 5.78 Å².